The standard InChI is InChI=1S/C10H20N2O4/c1-7(2)8(5-15-9(13)11-3)6-16-10(14)12-4/h7-8H,5-6H2,1-4H3,(H,11,13)(H,12,14). The van der Waals surface area contributed by atoms with Gasteiger partial charge in [-0.05, 0) is 5.92 Å². The Morgan fingerprint density at radius 1 is 1.00 bits per heavy atom. The van der Waals surface area contributed by atoms with Crippen LogP contribution in [0.1, 0.15) is 13.8 Å². The van der Waals surface area contributed by atoms with Crippen LogP contribution in [0.15, 0.2) is 0 Å². The largest absolute Gasteiger partial charge is 0.449 e. The summed E-state index contributed by atoms with van der Waals surface area (Å²) in [6, 6.07) is 0. The molecule has 0 aliphatic rings. The number of carbonyl (C=O) groups excluding carboxylic acids is 2. The van der Waals surface area contributed by atoms with E-state index in [2.05, 4.69) is 10.6 Å². The molecule has 0 aliphatic carbocycles. The summed E-state index contributed by atoms with van der Waals surface area (Å²) >= 11 is 0. The van der Waals surface area contributed by atoms with E-state index in [9.17, 15) is 9.59 Å². The lowest BCUT2D eigenvalue weighted by atomic mass is 9.98. The fourth-order valence-electron chi connectivity index (χ4n) is 0.943. The number of hydrogen-bond acceptors (Lipinski definition) is 4. The highest BCUT2D eigenvalue weighted by molar-refractivity contribution is 5.67. The lowest BCUT2D eigenvalue weighted by molar-refractivity contribution is 0.0707. The van der Waals surface area contributed by atoms with Crippen LogP contribution in [0.5, 0.6) is 0 Å². The predicted octanol–water partition coefficient (Wildman–Crippen LogP) is 0.971. The van der Waals surface area contributed by atoms with Crippen molar-refractivity contribution in [3.63, 3.8) is 0 Å². The van der Waals surface area contributed by atoms with Crippen molar-refractivity contribution in [2.45, 2.75) is 13.8 Å². The molecular formula is C10H20N2O4. The van der Waals surface area contributed by atoms with E-state index in [-0.39, 0.29) is 25.0 Å². The van der Waals surface area contributed by atoms with Crippen LogP contribution in [0.25, 0.3) is 0 Å². The van der Waals surface area contributed by atoms with E-state index in [1.807, 2.05) is 13.8 Å². The second-order valence-electron chi connectivity index (χ2n) is 3.70. The van der Waals surface area contributed by atoms with E-state index < -0.39 is 12.2 Å². The van der Waals surface area contributed by atoms with Gasteiger partial charge < -0.3 is 20.1 Å². The number of hydrogen-bond donors (Lipinski definition) is 2. The molecule has 0 fully saturated rings. The number of amides is 2. The molecule has 0 aliphatic heterocycles. The van der Waals surface area contributed by atoms with Gasteiger partial charge in [0.1, 0.15) is 0 Å². The summed E-state index contributed by atoms with van der Waals surface area (Å²) in [5, 5.41) is 4.71. The molecule has 0 aromatic carbocycles. The molecule has 0 saturated heterocycles. The third kappa shape index (κ3) is 6.10. The highest BCUT2D eigenvalue weighted by atomic mass is 16.6. The second kappa shape index (κ2) is 7.78. The number of rotatable bonds is 5. The summed E-state index contributed by atoms with van der Waals surface area (Å²) in [7, 11) is 2.99. The van der Waals surface area contributed by atoms with E-state index in [1.165, 1.54) is 14.1 Å². The van der Waals surface area contributed by atoms with Gasteiger partial charge in [-0.15, -0.1) is 0 Å². The predicted molar refractivity (Wildman–Crippen MR) is 59.1 cm³/mol. The van der Waals surface area contributed by atoms with E-state index in [4.69, 9.17) is 9.47 Å². The van der Waals surface area contributed by atoms with Gasteiger partial charge in [0.05, 0.1) is 13.2 Å². The Morgan fingerprint density at radius 2 is 1.38 bits per heavy atom. The van der Waals surface area contributed by atoms with Crippen molar-refractivity contribution in [2.24, 2.45) is 11.8 Å². The van der Waals surface area contributed by atoms with Gasteiger partial charge >= 0.3 is 12.2 Å². The minimum Gasteiger partial charge on any atom is -0.449 e. The zero-order valence-electron chi connectivity index (χ0n) is 10.2. The Labute approximate surface area is 95.7 Å². The first-order chi connectivity index (χ1) is 7.51. The fraction of sp³-hybridized carbons (Fsp3) is 0.800. The normalized spacial score (nSPS) is 10.1. The van der Waals surface area contributed by atoms with Crippen molar-refractivity contribution >= 4 is 12.2 Å². The van der Waals surface area contributed by atoms with Crippen LogP contribution in [-0.2, 0) is 9.47 Å². The highest BCUT2D eigenvalue weighted by Crippen LogP contribution is 2.12. The lowest BCUT2D eigenvalue weighted by Gasteiger charge is -2.20. The molecule has 16 heavy (non-hydrogen) atoms. The molecule has 0 aromatic rings. The fourth-order valence-corrected chi connectivity index (χ4v) is 0.943. The average molecular weight is 232 g/mol. The Balaban J connectivity index is 3.98. The van der Waals surface area contributed by atoms with Gasteiger partial charge in [-0.25, -0.2) is 9.59 Å². The molecule has 0 bridgehead atoms. The molecule has 94 valence electrons. The average Bonchev–Trinajstić information content (AvgIpc) is 2.27. The van der Waals surface area contributed by atoms with Crippen LogP contribution in [0.3, 0.4) is 0 Å². The highest BCUT2D eigenvalue weighted by Gasteiger charge is 2.17. The number of alkyl carbamates (subject to hydrolysis) is 2. The Kier molecular flexibility index (Phi) is 7.07. The molecule has 0 saturated carbocycles. The molecule has 2 amide bonds. The third-order valence-electron chi connectivity index (χ3n) is 2.21. The Morgan fingerprint density at radius 3 is 1.62 bits per heavy atom. The summed E-state index contributed by atoms with van der Waals surface area (Å²) in [5.41, 5.74) is 0. The zero-order chi connectivity index (χ0) is 12.6. The Bertz CT molecular complexity index is 211. The first-order valence-corrected chi connectivity index (χ1v) is 5.20. The van der Waals surface area contributed by atoms with Gasteiger partial charge in [0.15, 0.2) is 0 Å². The van der Waals surface area contributed by atoms with Gasteiger partial charge in [0.2, 0.25) is 0 Å². The molecule has 0 spiro atoms. The zero-order valence-corrected chi connectivity index (χ0v) is 10.2. The van der Waals surface area contributed by atoms with Crippen molar-refractivity contribution in [3.8, 4) is 0 Å². The van der Waals surface area contributed by atoms with Crippen molar-refractivity contribution in [1.82, 2.24) is 10.6 Å². The molecule has 2 N–H and O–H groups in total. The first kappa shape index (κ1) is 14.5. The lowest BCUT2D eigenvalue weighted by Crippen LogP contribution is -2.30. The quantitative estimate of drug-likeness (QED) is 0.740. The van der Waals surface area contributed by atoms with Gasteiger partial charge in [-0.3, -0.25) is 0 Å². The molecule has 6 nitrogen and oxygen atoms in total. The molecule has 0 atom stereocenters. The molecule has 0 unspecified atom stereocenters. The van der Waals surface area contributed by atoms with Gasteiger partial charge in [0, 0.05) is 20.0 Å². The molecular weight excluding hydrogens is 212 g/mol. The van der Waals surface area contributed by atoms with Crippen LogP contribution in [0.2, 0.25) is 0 Å². The Hall–Kier alpha value is -1.46. The maximum Gasteiger partial charge on any atom is 0.406 e. The van der Waals surface area contributed by atoms with Crippen LogP contribution >= 0.6 is 0 Å². The van der Waals surface area contributed by atoms with Gasteiger partial charge in [-0.2, -0.15) is 0 Å². The van der Waals surface area contributed by atoms with Crippen LogP contribution in [0, 0.1) is 11.8 Å². The maximum atomic E-state index is 10.9. The van der Waals surface area contributed by atoms with Crippen molar-refractivity contribution in [3.05, 3.63) is 0 Å². The van der Waals surface area contributed by atoms with Gasteiger partial charge in [-0.1, -0.05) is 13.8 Å². The topological polar surface area (TPSA) is 76.7 Å². The summed E-state index contributed by atoms with van der Waals surface area (Å²) < 4.78 is 9.84. The van der Waals surface area contributed by atoms with Crippen LogP contribution in [0.4, 0.5) is 9.59 Å². The third-order valence-corrected chi connectivity index (χ3v) is 2.21. The van der Waals surface area contributed by atoms with Crippen molar-refractivity contribution in [1.29, 1.82) is 0 Å². The summed E-state index contributed by atoms with van der Waals surface area (Å²) in [6.45, 7) is 4.42. The van der Waals surface area contributed by atoms with Gasteiger partial charge in [0.25, 0.3) is 0 Å². The summed E-state index contributed by atoms with van der Waals surface area (Å²) in [6.07, 6.45) is -0.962. The monoisotopic (exact) mass is 232 g/mol. The van der Waals surface area contributed by atoms with Crippen LogP contribution in [-0.4, -0.2) is 39.5 Å². The SMILES string of the molecule is CNC(=O)OCC(COC(=O)NC)C(C)C. The summed E-state index contributed by atoms with van der Waals surface area (Å²) in [5.74, 6) is 0.254. The first-order valence-electron chi connectivity index (χ1n) is 5.20. The summed E-state index contributed by atoms with van der Waals surface area (Å²) in [4.78, 5) is 21.8. The molecule has 0 radical (unpaired) electrons. The number of ether oxygens (including phenoxy) is 2. The van der Waals surface area contributed by atoms with E-state index in [0.29, 0.717) is 0 Å². The van der Waals surface area contributed by atoms with E-state index in [1.54, 1.807) is 0 Å². The van der Waals surface area contributed by atoms with E-state index >= 15 is 0 Å². The molecule has 0 heterocycles. The minimum absolute atomic E-state index is 0.00500. The molecule has 0 aromatic heterocycles. The number of carbonyl (C=O) groups is 2. The van der Waals surface area contributed by atoms with E-state index in [0.717, 1.165) is 0 Å². The van der Waals surface area contributed by atoms with Crippen molar-refractivity contribution < 1.29 is 19.1 Å². The minimum atomic E-state index is -0.481. The second-order valence-corrected chi connectivity index (χ2v) is 3.70. The number of nitrogens with one attached hydrogen (secondary N) is 2. The molecule has 0 rings (SSSR count). The van der Waals surface area contributed by atoms with Crippen molar-refractivity contribution in [2.75, 3.05) is 27.3 Å². The van der Waals surface area contributed by atoms with Crippen LogP contribution < -0.4 is 10.6 Å². The smallest absolute Gasteiger partial charge is 0.406 e. The molecule has 6 heteroatoms. The maximum absolute atomic E-state index is 10.9.